The lowest BCUT2D eigenvalue weighted by atomic mass is 10.1. The Labute approximate surface area is 218 Å². The fourth-order valence-corrected chi connectivity index (χ4v) is 4.01. The van der Waals surface area contributed by atoms with Gasteiger partial charge in [0.15, 0.2) is 5.11 Å². The van der Waals surface area contributed by atoms with Crippen LogP contribution in [0.1, 0.15) is 11.3 Å². The van der Waals surface area contributed by atoms with E-state index < -0.39 is 0 Å². The summed E-state index contributed by atoms with van der Waals surface area (Å²) in [5.74, 6) is 1.61. The van der Waals surface area contributed by atoms with Crippen LogP contribution in [0.2, 0.25) is 5.02 Å². The lowest BCUT2D eigenvalue weighted by Crippen LogP contribution is -2.33. The molecule has 6 nitrogen and oxygen atoms in total. The van der Waals surface area contributed by atoms with Crippen LogP contribution < -0.4 is 10.6 Å². The first-order chi connectivity index (χ1) is 17.4. The highest BCUT2D eigenvalue weighted by molar-refractivity contribution is 7.80. The van der Waals surface area contributed by atoms with E-state index in [0.29, 0.717) is 16.5 Å². The van der Waals surface area contributed by atoms with Gasteiger partial charge in [-0.1, -0.05) is 35.9 Å². The Hall–Kier alpha value is -4.20. The Morgan fingerprint density at radius 2 is 1.81 bits per heavy atom. The van der Waals surface area contributed by atoms with Crippen molar-refractivity contribution in [3.63, 3.8) is 0 Å². The maximum Gasteiger partial charge on any atom is 0.250 e. The predicted octanol–water partition coefficient (Wildman–Crippen LogP) is 6.98. The molecule has 36 heavy (non-hydrogen) atoms. The minimum absolute atomic E-state index is 0.191. The number of hydrogen-bond acceptors (Lipinski definition) is 4. The van der Waals surface area contributed by atoms with E-state index in [4.69, 9.17) is 28.2 Å². The number of aromatic nitrogens is 2. The van der Waals surface area contributed by atoms with Crippen LogP contribution >= 0.6 is 23.8 Å². The van der Waals surface area contributed by atoms with E-state index in [2.05, 4.69) is 20.6 Å². The van der Waals surface area contributed by atoms with Crippen molar-refractivity contribution in [2.45, 2.75) is 6.92 Å². The second-order valence-corrected chi connectivity index (χ2v) is 8.96. The van der Waals surface area contributed by atoms with Crippen molar-refractivity contribution < 1.29 is 9.21 Å². The Balaban J connectivity index is 1.22. The van der Waals surface area contributed by atoms with Crippen molar-refractivity contribution in [3.05, 3.63) is 101 Å². The first-order valence-electron chi connectivity index (χ1n) is 11.2. The summed E-state index contributed by atoms with van der Waals surface area (Å²) in [4.78, 5) is 20.4. The van der Waals surface area contributed by atoms with E-state index in [-0.39, 0.29) is 11.0 Å². The van der Waals surface area contributed by atoms with Crippen LogP contribution in [0.4, 0.5) is 5.69 Å². The number of imidazole rings is 1. The number of carbonyl (C=O) groups is 1. The van der Waals surface area contributed by atoms with Gasteiger partial charge in [-0.05, 0) is 85.4 Å². The second-order valence-electron chi connectivity index (χ2n) is 8.12. The minimum atomic E-state index is -0.372. The number of aryl methyl sites for hydroxylation is 1. The van der Waals surface area contributed by atoms with Gasteiger partial charge in [-0.3, -0.25) is 10.1 Å². The summed E-state index contributed by atoms with van der Waals surface area (Å²) >= 11 is 11.3. The first-order valence-corrected chi connectivity index (χ1v) is 11.9. The van der Waals surface area contributed by atoms with Gasteiger partial charge in [-0.25, -0.2) is 4.98 Å². The highest BCUT2D eigenvalue weighted by Gasteiger charge is 2.10. The average Bonchev–Trinajstić information content (AvgIpc) is 3.52. The number of hydrogen-bond donors (Lipinski definition) is 3. The molecule has 5 aromatic rings. The molecule has 0 aliphatic heterocycles. The molecule has 0 saturated carbocycles. The number of H-pyrrole nitrogens is 1. The molecule has 0 radical (unpaired) electrons. The van der Waals surface area contributed by atoms with Gasteiger partial charge in [-0.2, -0.15) is 0 Å². The largest absolute Gasteiger partial charge is 0.457 e. The van der Waals surface area contributed by atoms with Crippen LogP contribution in [0.3, 0.4) is 0 Å². The molecule has 2 aromatic heterocycles. The van der Waals surface area contributed by atoms with Crippen molar-refractivity contribution in [2.75, 3.05) is 5.32 Å². The molecule has 3 N–H and O–H groups in total. The molecule has 178 valence electrons. The lowest BCUT2D eigenvalue weighted by Gasteiger charge is -2.12. The number of thiocarbonyl (C=S) groups is 1. The lowest BCUT2D eigenvalue weighted by molar-refractivity contribution is -0.115. The zero-order valence-corrected chi connectivity index (χ0v) is 20.8. The molecule has 0 saturated heterocycles. The fraction of sp³-hybridized carbons (Fsp3) is 0.0357. The average molecular weight is 513 g/mol. The summed E-state index contributed by atoms with van der Waals surface area (Å²) in [6.07, 6.45) is 2.96. The van der Waals surface area contributed by atoms with Gasteiger partial charge >= 0.3 is 0 Å². The number of halogens is 1. The van der Waals surface area contributed by atoms with Crippen molar-refractivity contribution in [3.8, 4) is 22.7 Å². The normalized spacial score (nSPS) is 11.2. The van der Waals surface area contributed by atoms with E-state index in [1.54, 1.807) is 24.3 Å². The number of furan rings is 1. The Morgan fingerprint density at radius 3 is 2.61 bits per heavy atom. The molecule has 0 atom stereocenters. The van der Waals surface area contributed by atoms with Gasteiger partial charge in [0.1, 0.15) is 17.3 Å². The van der Waals surface area contributed by atoms with Crippen molar-refractivity contribution in [1.29, 1.82) is 0 Å². The van der Waals surface area contributed by atoms with Gasteiger partial charge in [0, 0.05) is 27.9 Å². The zero-order valence-electron chi connectivity index (χ0n) is 19.2. The third kappa shape index (κ3) is 5.38. The number of benzene rings is 3. The number of aromatic amines is 1. The van der Waals surface area contributed by atoms with Crippen LogP contribution in [0.5, 0.6) is 0 Å². The van der Waals surface area contributed by atoms with E-state index >= 15 is 0 Å². The molecule has 8 heteroatoms. The molecule has 2 heterocycles. The van der Waals surface area contributed by atoms with E-state index in [1.807, 2.05) is 67.6 Å². The van der Waals surface area contributed by atoms with Crippen molar-refractivity contribution in [2.24, 2.45) is 0 Å². The summed E-state index contributed by atoms with van der Waals surface area (Å²) in [6.45, 7) is 1.96. The third-order valence-corrected chi connectivity index (χ3v) is 6.00. The molecule has 0 bridgehead atoms. The van der Waals surface area contributed by atoms with Gasteiger partial charge in [0.05, 0.1) is 11.0 Å². The van der Waals surface area contributed by atoms with Crippen LogP contribution in [0.25, 0.3) is 39.8 Å². The van der Waals surface area contributed by atoms with Crippen LogP contribution in [0, 0.1) is 6.92 Å². The van der Waals surface area contributed by atoms with E-state index in [9.17, 15) is 4.79 Å². The van der Waals surface area contributed by atoms with Crippen molar-refractivity contribution in [1.82, 2.24) is 15.3 Å². The number of rotatable bonds is 5. The van der Waals surface area contributed by atoms with Crippen LogP contribution in [-0.4, -0.2) is 21.0 Å². The quantitative estimate of drug-likeness (QED) is 0.175. The molecule has 1 amide bonds. The Bertz CT molecular complexity index is 1570. The van der Waals surface area contributed by atoms with Gasteiger partial charge in [0.2, 0.25) is 5.91 Å². The van der Waals surface area contributed by atoms with E-state index in [0.717, 1.165) is 39.2 Å². The zero-order chi connectivity index (χ0) is 25.1. The summed E-state index contributed by atoms with van der Waals surface area (Å²) < 4.78 is 5.79. The molecule has 0 aliphatic carbocycles. The standard InChI is InChI=1S/C28H21ClN4O2S/c1-17-6-7-19(27-30-22-4-2-3-5-23(22)31-27)16-24(17)32-28(36)33-26(34)15-13-21-12-14-25(35-21)18-8-10-20(29)11-9-18/h2-16H,1H3,(H,30,31)(H2,32,33,34,36). The van der Waals surface area contributed by atoms with Gasteiger partial charge in [0.25, 0.3) is 0 Å². The number of nitrogens with one attached hydrogen (secondary N) is 3. The van der Waals surface area contributed by atoms with E-state index in [1.165, 1.54) is 6.08 Å². The topological polar surface area (TPSA) is 83.0 Å². The number of para-hydroxylation sites is 2. The highest BCUT2D eigenvalue weighted by atomic mass is 35.5. The molecule has 0 fully saturated rings. The van der Waals surface area contributed by atoms with Gasteiger partial charge in [-0.15, -0.1) is 0 Å². The number of amides is 1. The third-order valence-electron chi connectivity index (χ3n) is 5.54. The predicted molar refractivity (Wildman–Crippen MR) is 149 cm³/mol. The Morgan fingerprint density at radius 1 is 1.03 bits per heavy atom. The fourth-order valence-electron chi connectivity index (χ4n) is 3.67. The number of nitrogens with zero attached hydrogens (tertiary/aromatic N) is 1. The van der Waals surface area contributed by atoms with Crippen molar-refractivity contribution >= 4 is 57.6 Å². The van der Waals surface area contributed by atoms with Gasteiger partial charge < -0.3 is 14.7 Å². The number of carbonyl (C=O) groups excluding carboxylic acids is 1. The SMILES string of the molecule is Cc1ccc(-c2nc3ccccc3[nH]2)cc1NC(=S)NC(=O)C=Cc1ccc(-c2ccc(Cl)cc2)o1. The first kappa shape index (κ1) is 23.5. The molecule has 0 spiro atoms. The molecule has 3 aromatic carbocycles. The molecule has 5 rings (SSSR count). The number of anilines is 1. The Kier molecular flexibility index (Phi) is 6.66. The molecule has 0 aliphatic rings. The summed E-state index contributed by atoms with van der Waals surface area (Å²) in [6, 6.07) is 24.7. The highest BCUT2D eigenvalue weighted by Crippen LogP contribution is 2.26. The molecular weight excluding hydrogens is 492 g/mol. The monoisotopic (exact) mass is 512 g/mol. The van der Waals surface area contributed by atoms with Crippen LogP contribution in [-0.2, 0) is 4.79 Å². The molecule has 0 unspecified atom stereocenters. The number of fused-ring (bicyclic) bond motifs is 1. The minimum Gasteiger partial charge on any atom is -0.457 e. The molecular formula is C28H21ClN4O2S. The summed E-state index contributed by atoms with van der Waals surface area (Å²) in [5, 5.41) is 6.62. The van der Waals surface area contributed by atoms with Crippen LogP contribution in [0.15, 0.2) is 89.4 Å². The maximum absolute atomic E-state index is 12.4. The smallest absolute Gasteiger partial charge is 0.250 e. The summed E-state index contributed by atoms with van der Waals surface area (Å²) in [5.41, 5.74) is 5.42. The second kappa shape index (κ2) is 10.2. The summed E-state index contributed by atoms with van der Waals surface area (Å²) in [7, 11) is 0. The maximum atomic E-state index is 12.4.